The van der Waals surface area contributed by atoms with Gasteiger partial charge in [-0.15, -0.1) is 0 Å². The molecule has 1 amide bonds. The van der Waals surface area contributed by atoms with Gasteiger partial charge in [0.15, 0.2) is 17.3 Å². The van der Waals surface area contributed by atoms with Crippen LogP contribution in [0, 0.1) is 18.7 Å². The van der Waals surface area contributed by atoms with Crippen molar-refractivity contribution in [2.24, 2.45) is 5.92 Å². The van der Waals surface area contributed by atoms with Gasteiger partial charge in [0.25, 0.3) is 5.56 Å². The van der Waals surface area contributed by atoms with Crippen molar-refractivity contribution in [1.82, 2.24) is 19.5 Å². The second-order valence-corrected chi connectivity index (χ2v) is 8.39. The summed E-state index contributed by atoms with van der Waals surface area (Å²) in [5.41, 5.74) is 1.52. The highest BCUT2D eigenvalue weighted by molar-refractivity contribution is 5.98. The zero-order valence-electron chi connectivity index (χ0n) is 18.8. The Morgan fingerprint density at radius 3 is 2.67 bits per heavy atom. The first-order valence-electron chi connectivity index (χ1n) is 11.1. The molecule has 2 aromatic heterocycles. The van der Waals surface area contributed by atoms with Crippen LogP contribution in [0.5, 0.6) is 5.75 Å². The molecular weight excluding hydrogens is 427 g/mol. The van der Waals surface area contributed by atoms with Crippen LogP contribution in [-0.2, 0) is 11.2 Å². The first-order valence-corrected chi connectivity index (χ1v) is 11.1. The number of fused-ring (bicyclic) bond motifs is 1. The summed E-state index contributed by atoms with van der Waals surface area (Å²) >= 11 is 0. The summed E-state index contributed by atoms with van der Waals surface area (Å²) in [5.74, 6) is -0.206. The van der Waals surface area contributed by atoms with E-state index in [2.05, 4.69) is 10.1 Å². The van der Waals surface area contributed by atoms with Crippen LogP contribution in [-0.4, -0.2) is 51.4 Å². The predicted octanol–water partition coefficient (Wildman–Crippen LogP) is 2.92. The molecule has 0 unspecified atom stereocenters. The number of amides is 1. The van der Waals surface area contributed by atoms with Crippen molar-refractivity contribution in [2.45, 2.75) is 39.0 Å². The summed E-state index contributed by atoms with van der Waals surface area (Å²) in [7, 11) is 1.38. The Kier molecular flexibility index (Phi) is 6.57. The second-order valence-electron chi connectivity index (χ2n) is 8.39. The SMILES string of the molecule is COc1ccc(C(=O)C2CCN(C(=O)CCCc3nn4c(C)ccc4c(=O)[nH]3)CC2)cc1F. The average molecular weight is 455 g/mol. The van der Waals surface area contributed by atoms with E-state index < -0.39 is 5.82 Å². The summed E-state index contributed by atoms with van der Waals surface area (Å²) < 4.78 is 20.5. The number of rotatable bonds is 7. The van der Waals surface area contributed by atoms with E-state index >= 15 is 0 Å². The van der Waals surface area contributed by atoms with E-state index in [-0.39, 0.29) is 28.9 Å². The number of hydrogen-bond donors (Lipinski definition) is 1. The molecule has 0 saturated carbocycles. The number of benzene rings is 1. The van der Waals surface area contributed by atoms with Gasteiger partial charge in [0, 0.05) is 43.1 Å². The number of aromatic nitrogens is 3. The van der Waals surface area contributed by atoms with Gasteiger partial charge in [-0.05, 0) is 56.5 Å². The molecule has 0 radical (unpaired) electrons. The van der Waals surface area contributed by atoms with Crippen molar-refractivity contribution in [2.75, 3.05) is 20.2 Å². The number of ketones is 1. The Bertz CT molecular complexity index is 1240. The van der Waals surface area contributed by atoms with Gasteiger partial charge in [0.1, 0.15) is 11.3 Å². The number of aromatic amines is 1. The highest BCUT2D eigenvalue weighted by Gasteiger charge is 2.28. The Morgan fingerprint density at radius 2 is 1.97 bits per heavy atom. The van der Waals surface area contributed by atoms with Crippen LogP contribution in [0.1, 0.15) is 47.6 Å². The van der Waals surface area contributed by atoms with Crippen LogP contribution < -0.4 is 10.3 Å². The number of piperidine rings is 1. The maximum Gasteiger partial charge on any atom is 0.275 e. The molecule has 33 heavy (non-hydrogen) atoms. The number of nitrogens with one attached hydrogen (secondary N) is 1. The minimum Gasteiger partial charge on any atom is -0.494 e. The number of carbonyl (C=O) groups excluding carboxylic acids is 2. The van der Waals surface area contributed by atoms with E-state index in [4.69, 9.17) is 4.74 Å². The summed E-state index contributed by atoms with van der Waals surface area (Å²) in [6.07, 6.45) is 2.51. The summed E-state index contributed by atoms with van der Waals surface area (Å²) in [6.45, 7) is 2.88. The summed E-state index contributed by atoms with van der Waals surface area (Å²) in [4.78, 5) is 42.1. The van der Waals surface area contributed by atoms with E-state index in [1.54, 1.807) is 21.5 Å². The van der Waals surface area contributed by atoms with E-state index in [9.17, 15) is 18.8 Å². The van der Waals surface area contributed by atoms with Crippen molar-refractivity contribution in [1.29, 1.82) is 0 Å². The first kappa shape index (κ1) is 22.7. The van der Waals surface area contributed by atoms with Gasteiger partial charge >= 0.3 is 0 Å². The number of Topliss-reactive ketones (excluding diaryl/α,β-unsaturated/α-hetero) is 1. The molecule has 0 atom stereocenters. The zero-order chi connectivity index (χ0) is 23.5. The van der Waals surface area contributed by atoms with Gasteiger partial charge in [0.05, 0.1) is 7.11 Å². The lowest BCUT2D eigenvalue weighted by atomic mass is 9.88. The van der Waals surface area contributed by atoms with Gasteiger partial charge in [0.2, 0.25) is 5.91 Å². The lowest BCUT2D eigenvalue weighted by Crippen LogP contribution is -2.40. The number of H-pyrrole nitrogens is 1. The molecule has 0 aliphatic carbocycles. The molecule has 9 heteroatoms. The molecular formula is C24H27FN4O4. The van der Waals surface area contributed by atoms with Crippen LogP contribution in [0.2, 0.25) is 0 Å². The number of ether oxygens (including phenoxy) is 1. The Labute approximate surface area is 190 Å². The third kappa shape index (κ3) is 4.81. The maximum absolute atomic E-state index is 13.9. The van der Waals surface area contributed by atoms with Gasteiger partial charge < -0.3 is 14.6 Å². The van der Waals surface area contributed by atoms with Crippen molar-refractivity contribution in [3.8, 4) is 5.75 Å². The quantitative estimate of drug-likeness (QED) is 0.554. The number of carbonyl (C=O) groups is 2. The predicted molar refractivity (Wildman–Crippen MR) is 120 cm³/mol. The van der Waals surface area contributed by atoms with Crippen LogP contribution in [0.4, 0.5) is 4.39 Å². The Balaban J connectivity index is 1.27. The third-order valence-corrected chi connectivity index (χ3v) is 6.21. The summed E-state index contributed by atoms with van der Waals surface area (Å²) in [6, 6.07) is 7.81. The van der Waals surface area contributed by atoms with E-state index in [0.29, 0.717) is 62.1 Å². The van der Waals surface area contributed by atoms with Gasteiger partial charge in [-0.25, -0.2) is 8.91 Å². The standard InChI is InChI=1S/C24H27FN4O4/c1-15-6-8-19-24(32)26-21(27-29(15)19)4-3-5-22(30)28-12-10-16(11-13-28)23(31)17-7-9-20(33-2)18(25)14-17/h6-9,14,16H,3-5,10-13H2,1-2H3,(H,26,27,32). The molecule has 174 valence electrons. The number of aryl methyl sites for hydroxylation is 2. The number of hydrogen-bond acceptors (Lipinski definition) is 5. The molecule has 1 aromatic carbocycles. The highest BCUT2D eigenvalue weighted by atomic mass is 19.1. The highest BCUT2D eigenvalue weighted by Crippen LogP contribution is 2.25. The van der Waals surface area contributed by atoms with Gasteiger partial charge in [-0.3, -0.25) is 14.4 Å². The van der Waals surface area contributed by atoms with Crippen LogP contribution in [0.15, 0.2) is 35.1 Å². The topological polar surface area (TPSA) is 96.8 Å². The normalized spacial score (nSPS) is 14.6. The van der Waals surface area contributed by atoms with Crippen molar-refractivity contribution >= 4 is 17.2 Å². The average Bonchev–Trinajstić information content (AvgIpc) is 3.19. The molecule has 1 saturated heterocycles. The van der Waals surface area contributed by atoms with Crippen LogP contribution >= 0.6 is 0 Å². The van der Waals surface area contributed by atoms with Crippen molar-refractivity contribution in [3.05, 3.63) is 63.6 Å². The number of nitrogens with zero attached hydrogens (tertiary/aromatic N) is 3. The second kappa shape index (κ2) is 9.56. The Hall–Kier alpha value is -3.49. The monoisotopic (exact) mass is 454 g/mol. The molecule has 0 spiro atoms. The van der Waals surface area contributed by atoms with Gasteiger partial charge in [-0.1, -0.05) is 0 Å². The molecule has 1 aliphatic heterocycles. The minimum absolute atomic E-state index is 0.0250. The first-order chi connectivity index (χ1) is 15.9. The van der Waals surface area contributed by atoms with E-state index in [1.807, 2.05) is 13.0 Å². The number of halogens is 1. The third-order valence-electron chi connectivity index (χ3n) is 6.21. The van der Waals surface area contributed by atoms with Crippen molar-refractivity contribution in [3.63, 3.8) is 0 Å². The van der Waals surface area contributed by atoms with E-state index in [1.165, 1.54) is 19.2 Å². The van der Waals surface area contributed by atoms with Gasteiger partial charge in [-0.2, -0.15) is 5.10 Å². The molecule has 1 N–H and O–H groups in total. The van der Waals surface area contributed by atoms with Crippen LogP contribution in [0.3, 0.4) is 0 Å². The fourth-order valence-corrected chi connectivity index (χ4v) is 4.30. The van der Waals surface area contributed by atoms with Crippen molar-refractivity contribution < 1.29 is 18.7 Å². The molecule has 0 bridgehead atoms. The molecule has 1 fully saturated rings. The minimum atomic E-state index is -0.558. The largest absolute Gasteiger partial charge is 0.494 e. The molecule has 3 heterocycles. The molecule has 1 aliphatic rings. The smallest absolute Gasteiger partial charge is 0.275 e. The molecule has 3 aromatic rings. The molecule has 4 rings (SSSR count). The van der Waals surface area contributed by atoms with Crippen LogP contribution in [0.25, 0.3) is 5.52 Å². The lowest BCUT2D eigenvalue weighted by molar-refractivity contribution is -0.132. The number of methoxy groups -OCH3 is 1. The molecule has 8 nitrogen and oxygen atoms in total. The fourth-order valence-electron chi connectivity index (χ4n) is 4.30. The fraction of sp³-hybridized carbons (Fsp3) is 0.417. The zero-order valence-corrected chi connectivity index (χ0v) is 18.8. The summed E-state index contributed by atoms with van der Waals surface area (Å²) in [5, 5.41) is 4.44. The lowest BCUT2D eigenvalue weighted by Gasteiger charge is -2.31. The maximum atomic E-state index is 13.9. The Morgan fingerprint density at radius 1 is 1.21 bits per heavy atom. The number of likely N-dealkylation sites (tertiary alicyclic amines) is 1. The van der Waals surface area contributed by atoms with E-state index in [0.717, 1.165) is 5.69 Å².